The van der Waals surface area contributed by atoms with Crippen LogP contribution in [0.1, 0.15) is 31.2 Å². The van der Waals surface area contributed by atoms with E-state index in [1.807, 2.05) is 0 Å². The smallest absolute Gasteiger partial charge is 0.273 e. The Labute approximate surface area is 87.7 Å². The highest BCUT2D eigenvalue weighted by atomic mass is 32.1. The van der Waals surface area contributed by atoms with Crippen molar-refractivity contribution in [2.45, 2.75) is 26.4 Å². The van der Waals surface area contributed by atoms with Crippen LogP contribution in [-0.4, -0.2) is 17.2 Å². The summed E-state index contributed by atoms with van der Waals surface area (Å²) in [4.78, 5) is 4.96. The summed E-state index contributed by atoms with van der Waals surface area (Å²) in [5.74, 6) is 0.382. The number of hydrogen-bond donors (Lipinski definition) is 1. The Kier molecular flexibility index (Phi) is 2.27. The molecule has 0 aliphatic heterocycles. The summed E-state index contributed by atoms with van der Waals surface area (Å²) in [7, 11) is 1.59. The molecular weight excluding hydrogens is 198 g/mol. The molecule has 14 heavy (non-hydrogen) atoms. The van der Waals surface area contributed by atoms with Crippen LogP contribution in [0.2, 0.25) is 0 Å². The van der Waals surface area contributed by atoms with Gasteiger partial charge in [-0.05, 0) is 17.8 Å². The Morgan fingerprint density at radius 1 is 1.71 bits per heavy atom. The van der Waals surface area contributed by atoms with Crippen molar-refractivity contribution in [2.24, 2.45) is 11.3 Å². The van der Waals surface area contributed by atoms with Crippen molar-refractivity contribution in [3.63, 3.8) is 0 Å². The molecule has 1 N–H and O–H groups in total. The van der Waals surface area contributed by atoms with Crippen molar-refractivity contribution >= 4 is 11.3 Å². The molecule has 0 aromatic carbocycles. The van der Waals surface area contributed by atoms with Crippen LogP contribution in [-0.2, 0) is 0 Å². The number of thiazole rings is 1. The largest absolute Gasteiger partial charge is 0.473 e. The summed E-state index contributed by atoms with van der Waals surface area (Å²) in [6.07, 6.45) is 2.43. The summed E-state index contributed by atoms with van der Waals surface area (Å²) in [6, 6.07) is 0. The van der Waals surface area contributed by atoms with Gasteiger partial charge in [-0.25, -0.2) is 4.98 Å². The molecule has 0 saturated heterocycles. The van der Waals surface area contributed by atoms with Crippen molar-refractivity contribution in [3.05, 3.63) is 11.1 Å². The predicted molar refractivity (Wildman–Crippen MR) is 55.5 cm³/mol. The van der Waals surface area contributed by atoms with Gasteiger partial charge in [-0.1, -0.05) is 25.2 Å². The van der Waals surface area contributed by atoms with Crippen LogP contribution in [0.15, 0.2) is 6.20 Å². The maximum absolute atomic E-state index is 10.0. The molecule has 4 heteroatoms. The third-order valence-electron chi connectivity index (χ3n) is 2.94. The van der Waals surface area contributed by atoms with Crippen LogP contribution in [0.4, 0.5) is 0 Å². The summed E-state index contributed by atoms with van der Waals surface area (Å²) in [5.41, 5.74) is 0.288. The Hall–Kier alpha value is -0.610. The van der Waals surface area contributed by atoms with Crippen LogP contribution in [0.25, 0.3) is 0 Å². The van der Waals surface area contributed by atoms with Gasteiger partial charge in [0.2, 0.25) is 0 Å². The van der Waals surface area contributed by atoms with Gasteiger partial charge in [-0.15, -0.1) is 0 Å². The van der Waals surface area contributed by atoms with E-state index in [-0.39, 0.29) is 11.5 Å². The normalized spacial score (nSPS) is 25.9. The molecular formula is C10H15NO2S. The first kappa shape index (κ1) is 9.93. The maximum atomic E-state index is 10.0. The fourth-order valence-electron chi connectivity index (χ4n) is 1.75. The van der Waals surface area contributed by atoms with Crippen molar-refractivity contribution in [3.8, 4) is 5.19 Å². The third-order valence-corrected chi connectivity index (χ3v) is 3.97. The highest BCUT2D eigenvalue weighted by Gasteiger charge is 2.50. The van der Waals surface area contributed by atoms with Gasteiger partial charge >= 0.3 is 0 Å². The molecule has 1 aliphatic rings. The minimum absolute atomic E-state index is 0.288. The first-order valence-corrected chi connectivity index (χ1v) is 5.54. The third kappa shape index (κ3) is 1.64. The number of aliphatic hydroxyl groups is 1. The van der Waals surface area contributed by atoms with Gasteiger partial charge in [0.05, 0.1) is 18.1 Å². The first-order valence-electron chi connectivity index (χ1n) is 4.72. The summed E-state index contributed by atoms with van der Waals surface area (Å²) >= 11 is 1.43. The van der Waals surface area contributed by atoms with Gasteiger partial charge in [0.1, 0.15) is 0 Å². The van der Waals surface area contributed by atoms with E-state index in [9.17, 15) is 5.11 Å². The zero-order chi connectivity index (χ0) is 10.3. The second-order valence-electron chi connectivity index (χ2n) is 4.48. The van der Waals surface area contributed by atoms with Crippen molar-refractivity contribution in [2.75, 3.05) is 7.11 Å². The molecule has 1 aromatic heterocycles. The van der Waals surface area contributed by atoms with Crippen molar-refractivity contribution < 1.29 is 9.84 Å². The van der Waals surface area contributed by atoms with E-state index in [1.54, 1.807) is 13.3 Å². The molecule has 78 valence electrons. The lowest BCUT2D eigenvalue weighted by Crippen LogP contribution is -2.02. The lowest BCUT2D eigenvalue weighted by Gasteiger charge is -2.08. The topological polar surface area (TPSA) is 42.4 Å². The minimum atomic E-state index is -0.369. The summed E-state index contributed by atoms with van der Waals surface area (Å²) in [6.45, 7) is 4.36. The molecule has 2 unspecified atom stereocenters. The van der Waals surface area contributed by atoms with E-state index in [0.29, 0.717) is 11.1 Å². The molecule has 2 atom stereocenters. The Balaban J connectivity index is 2.08. The van der Waals surface area contributed by atoms with Crippen LogP contribution in [0.3, 0.4) is 0 Å². The number of ether oxygens (including phenoxy) is 1. The molecule has 0 amide bonds. The van der Waals surface area contributed by atoms with E-state index in [4.69, 9.17) is 4.74 Å². The highest BCUT2D eigenvalue weighted by molar-refractivity contribution is 7.13. The van der Waals surface area contributed by atoms with E-state index in [1.165, 1.54) is 11.3 Å². The number of rotatable bonds is 3. The van der Waals surface area contributed by atoms with Gasteiger partial charge < -0.3 is 9.84 Å². The number of methoxy groups -OCH3 is 1. The molecule has 0 spiro atoms. The predicted octanol–water partition coefficient (Wildman–Crippen LogP) is 2.23. The molecule has 0 radical (unpaired) electrons. The van der Waals surface area contributed by atoms with Gasteiger partial charge in [0, 0.05) is 6.20 Å². The fraction of sp³-hybridized carbons (Fsp3) is 0.700. The summed E-state index contributed by atoms with van der Waals surface area (Å²) < 4.78 is 4.99. The van der Waals surface area contributed by atoms with Crippen molar-refractivity contribution in [1.82, 2.24) is 4.98 Å². The Morgan fingerprint density at radius 3 is 2.79 bits per heavy atom. The standard InChI is InChI=1S/C10H15NO2S/c1-10(2)4-6(10)8(12)7-5-11-9(13-3)14-7/h5-6,8,12H,4H2,1-3H3. The van der Waals surface area contributed by atoms with Crippen LogP contribution in [0.5, 0.6) is 5.19 Å². The second kappa shape index (κ2) is 3.21. The minimum Gasteiger partial charge on any atom is -0.473 e. The molecule has 3 nitrogen and oxygen atoms in total. The molecule has 1 fully saturated rings. The van der Waals surface area contributed by atoms with E-state index in [2.05, 4.69) is 18.8 Å². The molecule has 1 saturated carbocycles. The average Bonchev–Trinajstić information content (AvgIpc) is 2.64. The number of hydrogen-bond acceptors (Lipinski definition) is 4. The number of aromatic nitrogens is 1. The zero-order valence-electron chi connectivity index (χ0n) is 8.65. The maximum Gasteiger partial charge on any atom is 0.273 e. The van der Waals surface area contributed by atoms with Crippen LogP contribution < -0.4 is 4.74 Å². The summed E-state index contributed by atoms with van der Waals surface area (Å²) in [5, 5.41) is 10.6. The number of aliphatic hydroxyl groups excluding tert-OH is 1. The fourth-order valence-corrected chi connectivity index (χ4v) is 2.53. The van der Waals surface area contributed by atoms with Crippen molar-refractivity contribution in [1.29, 1.82) is 0 Å². The van der Waals surface area contributed by atoms with Gasteiger partial charge in [0.15, 0.2) is 0 Å². The van der Waals surface area contributed by atoms with Crippen LogP contribution >= 0.6 is 11.3 Å². The van der Waals surface area contributed by atoms with E-state index < -0.39 is 0 Å². The zero-order valence-corrected chi connectivity index (χ0v) is 9.47. The van der Waals surface area contributed by atoms with Gasteiger partial charge in [-0.3, -0.25) is 0 Å². The lowest BCUT2D eigenvalue weighted by molar-refractivity contribution is 0.142. The first-order chi connectivity index (χ1) is 6.54. The Bertz CT molecular complexity index is 335. The molecule has 1 heterocycles. The van der Waals surface area contributed by atoms with E-state index >= 15 is 0 Å². The van der Waals surface area contributed by atoms with Crippen LogP contribution in [0, 0.1) is 11.3 Å². The van der Waals surface area contributed by atoms with E-state index in [0.717, 1.165) is 11.3 Å². The Morgan fingerprint density at radius 2 is 2.36 bits per heavy atom. The lowest BCUT2D eigenvalue weighted by atomic mass is 10.1. The molecule has 0 bridgehead atoms. The SMILES string of the molecule is COc1ncc(C(O)C2CC2(C)C)s1. The van der Waals surface area contributed by atoms with Gasteiger partial charge in [0.25, 0.3) is 5.19 Å². The average molecular weight is 213 g/mol. The molecule has 2 rings (SSSR count). The number of nitrogens with zero attached hydrogens (tertiary/aromatic N) is 1. The monoisotopic (exact) mass is 213 g/mol. The molecule has 1 aliphatic carbocycles. The van der Waals surface area contributed by atoms with Gasteiger partial charge in [-0.2, -0.15) is 0 Å². The molecule has 1 aromatic rings. The quantitative estimate of drug-likeness (QED) is 0.837. The second-order valence-corrected chi connectivity index (χ2v) is 5.50. The highest BCUT2D eigenvalue weighted by Crippen LogP contribution is 2.58.